The van der Waals surface area contributed by atoms with E-state index in [4.69, 9.17) is 5.73 Å². The van der Waals surface area contributed by atoms with E-state index >= 15 is 0 Å². The van der Waals surface area contributed by atoms with Crippen molar-refractivity contribution in [2.24, 2.45) is 11.7 Å². The van der Waals surface area contributed by atoms with E-state index in [1.54, 1.807) is 12.1 Å². The van der Waals surface area contributed by atoms with Crippen molar-refractivity contribution in [1.29, 1.82) is 0 Å². The van der Waals surface area contributed by atoms with Crippen LogP contribution in [0.25, 0.3) is 0 Å². The number of nitrogens with two attached hydrogens (primary N) is 1. The summed E-state index contributed by atoms with van der Waals surface area (Å²) >= 11 is 0. The molecule has 2 unspecified atom stereocenters. The summed E-state index contributed by atoms with van der Waals surface area (Å²) in [5.74, 6) is -0.256. The lowest BCUT2D eigenvalue weighted by atomic mass is 9.80. The molecular weight excluding hydrogens is 232 g/mol. The minimum absolute atomic E-state index is 0.0559. The van der Waals surface area contributed by atoms with Crippen LogP contribution >= 0.6 is 0 Å². The number of hydrogen-bond donors (Lipinski definition) is 1. The summed E-state index contributed by atoms with van der Waals surface area (Å²) in [5.41, 5.74) is 6.51. The standard InChI is InChI=1S/C15H17F2N/c16-13-5-1-3-11(9-13)15(7-8-18)12-4-2-6-14(17)10-12/h1-6,9,12,15H,7-8,10,18H2. The maximum absolute atomic E-state index is 13.3. The van der Waals surface area contributed by atoms with Crippen molar-refractivity contribution in [2.75, 3.05) is 6.54 Å². The van der Waals surface area contributed by atoms with Crippen LogP contribution in [0.1, 0.15) is 24.3 Å². The molecule has 0 aromatic heterocycles. The molecule has 18 heavy (non-hydrogen) atoms. The van der Waals surface area contributed by atoms with Gasteiger partial charge in [0.2, 0.25) is 0 Å². The van der Waals surface area contributed by atoms with Crippen molar-refractivity contribution in [3.05, 3.63) is 59.7 Å². The number of rotatable bonds is 4. The van der Waals surface area contributed by atoms with Crippen LogP contribution in [0.15, 0.2) is 48.3 Å². The average molecular weight is 249 g/mol. The first-order chi connectivity index (χ1) is 8.70. The van der Waals surface area contributed by atoms with Gasteiger partial charge in [0.05, 0.1) is 0 Å². The van der Waals surface area contributed by atoms with Gasteiger partial charge in [0, 0.05) is 6.42 Å². The lowest BCUT2D eigenvalue weighted by molar-refractivity contribution is 0.430. The van der Waals surface area contributed by atoms with E-state index in [-0.39, 0.29) is 23.5 Å². The molecule has 0 radical (unpaired) electrons. The second-order valence-corrected chi connectivity index (χ2v) is 4.61. The molecule has 2 rings (SSSR count). The van der Waals surface area contributed by atoms with Crippen molar-refractivity contribution in [3.63, 3.8) is 0 Å². The molecule has 0 spiro atoms. The quantitative estimate of drug-likeness (QED) is 0.865. The van der Waals surface area contributed by atoms with Crippen LogP contribution in [0.5, 0.6) is 0 Å². The topological polar surface area (TPSA) is 26.0 Å². The highest BCUT2D eigenvalue weighted by atomic mass is 19.1. The Morgan fingerprint density at radius 2 is 2.17 bits per heavy atom. The minimum Gasteiger partial charge on any atom is -0.330 e. The lowest BCUT2D eigenvalue weighted by Gasteiger charge is -2.26. The minimum atomic E-state index is -0.259. The second kappa shape index (κ2) is 5.91. The van der Waals surface area contributed by atoms with E-state index in [0.717, 1.165) is 12.0 Å². The third-order valence-electron chi connectivity index (χ3n) is 3.34. The summed E-state index contributed by atoms with van der Waals surface area (Å²) in [5, 5.41) is 0. The molecule has 1 aromatic rings. The molecule has 1 nitrogen and oxygen atoms in total. The number of halogens is 2. The number of benzene rings is 1. The van der Waals surface area contributed by atoms with Gasteiger partial charge >= 0.3 is 0 Å². The Kier molecular flexibility index (Phi) is 4.26. The van der Waals surface area contributed by atoms with Gasteiger partial charge in [-0.05, 0) is 48.6 Å². The van der Waals surface area contributed by atoms with Crippen molar-refractivity contribution < 1.29 is 8.78 Å². The van der Waals surface area contributed by atoms with Gasteiger partial charge in [-0.1, -0.05) is 24.3 Å². The lowest BCUT2D eigenvalue weighted by Crippen LogP contribution is -2.17. The van der Waals surface area contributed by atoms with Gasteiger partial charge in [-0.3, -0.25) is 0 Å². The van der Waals surface area contributed by atoms with Gasteiger partial charge in [0.1, 0.15) is 11.6 Å². The molecule has 0 amide bonds. The molecule has 0 saturated heterocycles. The third kappa shape index (κ3) is 3.05. The first kappa shape index (κ1) is 13.0. The Morgan fingerprint density at radius 1 is 1.33 bits per heavy atom. The van der Waals surface area contributed by atoms with Crippen LogP contribution < -0.4 is 5.73 Å². The zero-order valence-electron chi connectivity index (χ0n) is 10.2. The average Bonchev–Trinajstić information content (AvgIpc) is 2.36. The molecule has 1 aliphatic carbocycles. The molecule has 0 saturated carbocycles. The van der Waals surface area contributed by atoms with Gasteiger partial charge in [0.15, 0.2) is 0 Å². The highest BCUT2D eigenvalue weighted by molar-refractivity contribution is 5.26. The molecule has 2 N–H and O–H groups in total. The smallest absolute Gasteiger partial charge is 0.123 e. The molecule has 0 bridgehead atoms. The summed E-state index contributed by atoms with van der Waals surface area (Å²) in [4.78, 5) is 0. The fourth-order valence-corrected chi connectivity index (χ4v) is 2.49. The van der Waals surface area contributed by atoms with Gasteiger partial charge in [0.25, 0.3) is 0 Å². The Bertz CT molecular complexity index is 465. The Morgan fingerprint density at radius 3 is 2.83 bits per heavy atom. The van der Waals surface area contributed by atoms with Gasteiger partial charge in [-0.2, -0.15) is 0 Å². The van der Waals surface area contributed by atoms with Gasteiger partial charge in [-0.25, -0.2) is 8.78 Å². The van der Waals surface area contributed by atoms with Gasteiger partial charge < -0.3 is 5.73 Å². The highest BCUT2D eigenvalue weighted by Crippen LogP contribution is 2.35. The molecular formula is C15H17F2N. The Labute approximate surface area is 106 Å². The summed E-state index contributed by atoms with van der Waals surface area (Å²) in [7, 11) is 0. The van der Waals surface area contributed by atoms with Crippen LogP contribution in [0.3, 0.4) is 0 Å². The monoisotopic (exact) mass is 249 g/mol. The molecule has 1 aliphatic rings. The van der Waals surface area contributed by atoms with E-state index in [0.29, 0.717) is 13.0 Å². The van der Waals surface area contributed by atoms with E-state index in [1.165, 1.54) is 18.2 Å². The van der Waals surface area contributed by atoms with Crippen molar-refractivity contribution in [1.82, 2.24) is 0 Å². The molecule has 2 atom stereocenters. The van der Waals surface area contributed by atoms with Crippen LogP contribution in [0.4, 0.5) is 8.78 Å². The molecule has 3 heteroatoms. The fourth-order valence-electron chi connectivity index (χ4n) is 2.49. The van der Waals surface area contributed by atoms with Crippen LogP contribution in [0.2, 0.25) is 0 Å². The Balaban J connectivity index is 2.23. The summed E-state index contributed by atoms with van der Waals surface area (Å²) in [6.07, 6.45) is 6.28. The second-order valence-electron chi connectivity index (χ2n) is 4.61. The number of hydrogen-bond acceptors (Lipinski definition) is 1. The first-order valence-electron chi connectivity index (χ1n) is 6.19. The SMILES string of the molecule is NCCC(c1cccc(F)c1)C1C=CC=C(F)C1. The van der Waals surface area contributed by atoms with E-state index < -0.39 is 0 Å². The maximum atomic E-state index is 13.3. The van der Waals surface area contributed by atoms with E-state index in [9.17, 15) is 8.78 Å². The molecule has 0 fully saturated rings. The molecule has 0 heterocycles. The number of allylic oxidation sites excluding steroid dienone is 4. The van der Waals surface area contributed by atoms with Crippen LogP contribution in [-0.4, -0.2) is 6.54 Å². The van der Waals surface area contributed by atoms with Gasteiger partial charge in [-0.15, -0.1) is 0 Å². The fraction of sp³-hybridized carbons (Fsp3) is 0.333. The maximum Gasteiger partial charge on any atom is 0.123 e. The van der Waals surface area contributed by atoms with Crippen LogP contribution in [0, 0.1) is 11.7 Å². The molecule has 96 valence electrons. The Hall–Kier alpha value is -1.48. The molecule has 1 aromatic carbocycles. The summed E-state index contributed by atoms with van der Waals surface area (Å²) in [6, 6.07) is 6.50. The van der Waals surface area contributed by atoms with Crippen LogP contribution in [-0.2, 0) is 0 Å². The van der Waals surface area contributed by atoms with Crippen molar-refractivity contribution in [2.45, 2.75) is 18.8 Å². The van der Waals surface area contributed by atoms with E-state index in [2.05, 4.69) is 0 Å². The third-order valence-corrected chi connectivity index (χ3v) is 3.34. The van der Waals surface area contributed by atoms with E-state index in [1.807, 2.05) is 12.1 Å². The molecule has 0 aliphatic heterocycles. The van der Waals surface area contributed by atoms with Crippen molar-refractivity contribution in [3.8, 4) is 0 Å². The summed E-state index contributed by atoms with van der Waals surface area (Å²) < 4.78 is 26.6. The zero-order chi connectivity index (χ0) is 13.0. The zero-order valence-corrected chi connectivity index (χ0v) is 10.2. The largest absolute Gasteiger partial charge is 0.330 e. The predicted molar refractivity (Wildman–Crippen MR) is 69.3 cm³/mol. The normalized spacial score (nSPS) is 20.6. The van der Waals surface area contributed by atoms with Crippen molar-refractivity contribution >= 4 is 0 Å². The predicted octanol–water partition coefficient (Wildman–Crippen LogP) is 3.69. The highest BCUT2D eigenvalue weighted by Gasteiger charge is 2.23. The summed E-state index contributed by atoms with van der Waals surface area (Å²) in [6.45, 7) is 0.511. The first-order valence-corrected chi connectivity index (χ1v) is 6.19.